The number of thiophene rings is 1. The molecule has 0 aliphatic heterocycles. The molecular formula is C11H10N6OS. The Morgan fingerprint density at radius 2 is 2.47 bits per heavy atom. The zero-order valence-corrected chi connectivity index (χ0v) is 10.8. The first kappa shape index (κ1) is 11.8. The molecule has 0 unspecified atom stereocenters. The van der Waals surface area contributed by atoms with Gasteiger partial charge in [-0.1, -0.05) is 0 Å². The summed E-state index contributed by atoms with van der Waals surface area (Å²) < 4.78 is 1.34. The summed E-state index contributed by atoms with van der Waals surface area (Å²) in [6, 6.07) is 2.19. The number of hydrogen-bond donors (Lipinski definition) is 1. The number of carbonyl (C=O) groups is 1. The Balaban J connectivity index is 1.77. The van der Waals surface area contributed by atoms with Crippen molar-refractivity contribution >= 4 is 22.2 Å². The molecule has 0 spiro atoms. The molecule has 0 bridgehead atoms. The lowest BCUT2D eigenvalue weighted by Gasteiger charge is -2.03. The number of nitrogens with one attached hydrogen (secondary N) is 1. The fourth-order valence-electron chi connectivity index (χ4n) is 2.18. The first-order chi connectivity index (χ1) is 9.28. The van der Waals surface area contributed by atoms with Crippen molar-refractivity contribution < 1.29 is 4.79 Å². The van der Waals surface area contributed by atoms with Gasteiger partial charge in [-0.3, -0.25) is 4.79 Å². The van der Waals surface area contributed by atoms with E-state index in [9.17, 15) is 10.1 Å². The zero-order chi connectivity index (χ0) is 13.2. The summed E-state index contributed by atoms with van der Waals surface area (Å²) >= 11 is 1.50. The van der Waals surface area contributed by atoms with Crippen LogP contribution in [0.3, 0.4) is 0 Å². The quantitative estimate of drug-likeness (QED) is 0.890. The van der Waals surface area contributed by atoms with E-state index >= 15 is 0 Å². The van der Waals surface area contributed by atoms with Crippen LogP contribution in [-0.4, -0.2) is 26.1 Å². The normalized spacial score (nSPS) is 13.0. The molecule has 0 fully saturated rings. The van der Waals surface area contributed by atoms with Gasteiger partial charge in [-0.05, 0) is 35.3 Å². The van der Waals surface area contributed by atoms with Crippen molar-refractivity contribution in [1.82, 2.24) is 20.2 Å². The number of nitrogens with zero attached hydrogens (tertiary/aromatic N) is 5. The van der Waals surface area contributed by atoms with E-state index in [0.29, 0.717) is 10.6 Å². The average molecular weight is 274 g/mol. The highest BCUT2D eigenvalue weighted by Gasteiger charge is 2.23. The number of amides is 1. The van der Waals surface area contributed by atoms with Gasteiger partial charge in [0.1, 0.15) is 23.9 Å². The van der Waals surface area contributed by atoms with Crippen molar-refractivity contribution in [2.24, 2.45) is 0 Å². The molecule has 0 saturated heterocycles. The van der Waals surface area contributed by atoms with Crippen molar-refractivity contribution in [1.29, 1.82) is 5.26 Å². The van der Waals surface area contributed by atoms with Crippen LogP contribution in [0.4, 0.5) is 5.00 Å². The molecule has 1 aliphatic carbocycles. The highest BCUT2D eigenvalue weighted by atomic mass is 32.1. The molecule has 0 saturated carbocycles. The number of fused-ring (bicyclic) bond motifs is 1. The van der Waals surface area contributed by atoms with Gasteiger partial charge < -0.3 is 5.32 Å². The van der Waals surface area contributed by atoms with Crippen LogP contribution < -0.4 is 5.32 Å². The molecule has 2 aromatic heterocycles. The number of anilines is 1. The lowest BCUT2D eigenvalue weighted by molar-refractivity contribution is -0.116. The van der Waals surface area contributed by atoms with E-state index in [0.717, 1.165) is 24.8 Å². The second-order valence-electron chi connectivity index (χ2n) is 4.23. The second-order valence-corrected chi connectivity index (χ2v) is 5.33. The van der Waals surface area contributed by atoms with Crippen LogP contribution in [0.15, 0.2) is 6.33 Å². The summed E-state index contributed by atoms with van der Waals surface area (Å²) in [7, 11) is 0. The third-order valence-electron chi connectivity index (χ3n) is 2.98. The van der Waals surface area contributed by atoms with Crippen LogP contribution in [-0.2, 0) is 24.2 Å². The standard InChI is InChI=1S/C11H10N6OS/c12-4-8-7-2-1-3-9(7)19-11(8)14-10(18)5-17-6-13-15-16-17/h6H,1-3,5H2,(H,14,18). The zero-order valence-electron chi connectivity index (χ0n) is 9.96. The summed E-state index contributed by atoms with van der Waals surface area (Å²) in [5.41, 5.74) is 1.72. The van der Waals surface area contributed by atoms with Crippen molar-refractivity contribution in [3.63, 3.8) is 0 Å². The van der Waals surface area contributed by atoms with Crippen LogP contribution in [0, 0.1) is 11.3 Å². The number of carbonyl (C=O) groups excluding carboxylic acids is 1. The van der Waals surface area contributed by atoms with Crippen molar-refractivity contribution in [3.05, 3.63) is 22.3 Å². The minimum absolute atomic E-state index is 0.0421. The lowest BCUT2D eigenvalue weighted by Crippen LogP contribution is -2.19. The monoisotopic (exact) mass is 274 g/mol. The van der Waals surface area contributed by atoms with Gasteiger partial charge in [0, 0.05) is 4.88 Å². The third kappa shape index (κ3) is 2.20. The minimum atomic E-state index is -0.233. The molecule has 0 atom stereocenters. The Hall–Kier alpha value is -2.27. The van der Waals surface area contributed by atoms with Crippen LogP contribution in [0.2, 0.25) is 0 Å². The molecular weight excluding hydrogens is 264 g/mol. The van der Waals surface area contributed by atoms with E-state index in [1.165, 1.54) is 27.2 Å². The molecule has 2 aromatic rings. The van der Waals surface area contributed by atoms with Gasteiger partial charge in [0.25, 0.3) is 0 Å². The fourth-order valence-corrected chi connectivity index (χ4v) is 3.43. The molecule has 0 aromatic carbocycles. The van der Waals surface area contributed by atoms with Gasteiger partial charge in [0.05, 0.1) is 5.56 Å². The van der Waals surface area contributed by atoms with E-state index < -0.39 is 0 Å². The van der Waals surface area contributed by atoms with Gasteiger partial charge in [-0.15, -0.1) is 16.4 Å². The van der Waals surface area contributed by atoms with E-state index in [1.54, 1.807) is 0 Å². The molecule has 2 heterocycles. The molecule has 8 heteroatoms. The minimum Gasteiger partial charge on any atom is -0.315 e. The van der Waals surface area contributed by atoms with E-state index in [-0.39, 0.29) is 12.5 Å². The number of tetrazole rings is 1. The first-order valence-electron chi connectivity index (χ1n) is 5.83. The maximum Gasteiger partial charge on any atom is 0.246 e. The maximum absolute atomic E-state index is 11.8. The summed E-state index contributed by atoms with van der Waals surface area (Å²) in [6.07, 6.45) is 4.39. The summed E-state index contributed by atoms with van der Waals surface area (Å²) in [6.45, 7) is 0.0421. The van der Waals surface area contributed by atoms with Crippen molar-refractivity contribution in [2.45, 2.75) is 25.8 Å². The van der Waals surface area contributed by atoms with Gasteiger partial charge >= 0.3 is 0 Å². The summed E-state index contributed by atoms with van der Waals surface area (Å²) in [5.74, 6) is -0.233. The highest BCUT2D eigenvalue weighted by molar-refractivity contribution is 7.16. The Morgan fingerprint density at radius 3 is 3.21 bits per heavy atom. The van der Waals surface area contributed by atoms with Crippen LogP contribution in [0.1, 0.15) is 22.4 Å². The van der Waals surface area contributed by atoms with Gasteiger partial charge in [-0.2, -0.15) is 5.26 Å². The topological polar surface area (TPSA) is 96.5 Å². The van der Waals surface area contributed by atoms with Gasteiger partial charge in [0.2, 0.25) is 5.91 Å². The number of nitriles is 1. The maximum atomic E-state index is 11.8. The fraction of sp³-hybridized carbons (Fsp3) is 0.364. The SMILES string of the molecule is N#Cc1c(NC(=O)Cn2cnnn2)sc2c1CCC2. The molecule has 0 radical (unpaired) electrons. The van der Waals surface area contributed by atoms with Crippen molar-refractivity contribution in [2.75, 3.05) is 5.32 Å². The summed E-state index contributed by atoms with van der Waals surface area (Å²) in [4.78, 5) is 13.1. The molecule has 1 amide bonds. The smallest absolute Gasteiger partial charge is 0.246 e. The van der Waals surface area contributed by atoms with Crippen LogP contribution in [0.25, 0.3) is 0 Å². The predicted octanol–water partition coefficient (Wildman–Crippen LogP) is 0.734. The Labute approximate surface area is 112 Å². The Bertz CT molecular complexity index is 654. The Kier molecular flexibility index (Phi) is 2.97. The largest absolute Gasteiger partial charge is 0.315 e. The number of rotatable bonds is 3. The van der Waals surface area contributed by atoms with E-state index in [1.807, 2.05) is 0 Å². The predicted molar refractivity (Wildman–Crippen MR) is 67.5 cm³/mol. The number of hydrogen-bond acceptors (Lipinski definition) is 6. The average Bonchev–Trinajstić information content (AvgIpc) is 3.05. The molecule has 19 heavy (non-hydrogen) atoms. The molecule has 1 aliphatic rings. The number of aryl methyl sites for hydroxylation is 1. The summed E-state index contributed by atoms with van der Waals surface area (Å²) in [5, 5.41) is 23.2. The third-order valence-corrected chi connectivity index (χ3v) is 4.19. The van der Waals surface area contributed by atoms with Crippen LogP contribution in [0.5, 0.6) is 0 Å². The Morgan fingerprint density at radius 1 is 1.58 bits per heavy atom. The number of aromatic nitrogens is 4. The second kappa shape index (κ2) is 4.78. The molecule has 3 rings (SSSR count). The van der Waals surface area contributed by atoms with Crippen molar-refractivity contribution in [3.8, 4) is 6.07 Å². The van der Waals surface area contributed by atoms with Crippen LogP contribution >= 0.6 is 11.3 Å². The first-order valence-corrected chi connectivity index (χ1v) is 6.65. The van der Waals surface area contributed by atoms with E-state index in [4.69, 9.17) is 0 Å². The molecule has 1 N–H and O–H groups in total. The highest BCUT2D eigenvalue weighted by Crippen LogP contribution is 2.38. The van der Waals surface area contributed by atoms with Gasteiger partial charge in [0.15, 0.2) is 0 Å². The van der Waals surface area contributed by atoms with Gasteiger partial charge in [-0.25, -0.2) is 4.68 Å². The molecule has 7 nitrogen and oxygen atoms in total. The lowest BCUT2D eigenvalue weighted by atomic mass is 10.1. The van der Waals surface area contributed by atoms with E-state index in [2.05, 4.69) is 26.9 Å². The molecule has 96 valence electrons.